The summed E-state index contributed by atoms with van der Waals surface area (Å²) in [6.45, 7) is 1.99. The van der Waals surface area contributed by atoms with Crippen molar-refractivity contribution in [1.82, 2.24) is 34.6 Å². The molecule has 0 aromatic carbocycles. The van der Waals surface area contributed by atoms with E-state index in [0.717, 1.165) is 48.8 Å². The predicted octanol–water partition coefficient (Wildman–Crippen LogP) is 2.49. The van der Waals surface area contributed by atoms with Crippen LogP contribution in [0.15, 0.2) is 55.1 Å². The maximum atomic E-state index is 5.92. The summed E-state index contributed by atoms with van der Waals surface area (Å²) < 4.78 is 9.74. The van der Waals surface area contributed by atoms with Gasteiger partial charge in [0.05, 0.1) is 24.0 Å². The molecule has 9 nitrogen and oxygen atoms in total. The Hall–Kier alpha value is -3.33. The third-order valence-corrected chi connectivity index (χ3v) is 6.73. The first kappa shape index (κ1) is 18.4. The normalized spacial score (nSPS) is 25.8. The molecule has 0 spiro atoms. The molecule has 2 fully saturated rings. The standard InChI is InChI=1S/C22H24N8O/c1-31-20-11-16-13-28(22-6-5-21-24-8-9-29(21)26-22)12-15(16)10-19(20)30-14-18(25-27-30)17-4-2-3-7-23-17/h2-9,14-16,19-20H,10-13H2,1H3/t15-,16+,19-,20-/m1/s1. The van der Waals surface area contributed by atoms with Crippen LogP contribution in [-0.4, -0.2) is 60.9 Å². The third-order valence-electron chi connectivity index (χ3n) is 6.73. The van der Waals surface area contributed by atoms with E-state index in [0.29, 0.717) is 11.8 Å². The minimum Gasteiger partial charge on any atom is -0.379 e. The second-order valence-corrected chi connectivity index (χ2v) is 8.46. The minimum absolute atomic E-state index is 0.114. The second kappa shape index (κ2) is 7.42. The van der Waals surface area contributed by atoms with E-state index < -0.39 is 0 Å². The lowest BCUT2D eigenvalue weighted by Crippen LogP contribution is -2.37. The third kappa shape index (κ3) is 3.25. The molecule has 1 aliphatic heterocycles. The molecule has 5 heterocycles. The van der Waals surface area contributed by atoms with E-state index in [4.69, 9.17) is 9.84 Å². The number of aromatic nitrogens is 7. The molecule has 31 heavy (non-hydrogen) atoms. The van der Waals surface area contributed by atoms with Crippen molar-refractivity contribution in [3.8, 4) is 11.4 Å². The highest BCUT2D eigenvalue weighted by Crippen LogP contribution is 2.43. The van der Waals surface area contributed by atoms with Crippen molar-refractivity contribution in [1.29, 1.82) is 0 Å². The summed E-state index contributed by atoms with van der Waals surface area (Å²) in [6.07, 6.45) is 9.58. The molecule has 0 bridgehead atoms. The Morgan fingerprint density at radius 3 is 2.71 bits per heavy atom. The molecule has 4 atom stereocenters. The fourth-order valence-electron chi connectivity index (χ4n) is 5.15. The fourth-order valence-corrected chi connectivity index (χ4v) is 5.15. The number of nitrogens with zero attached hydrogens (tertiary/aromatic N) is 8. The molecule has 6 rings (SSSR count). The van der Waals surface area contributed by atoms with Gasteiger partial charge in [0.2, 0.25) is 0 Å². The maximum absolute atomic E-state index is 5.92. The van der Waals surface area contributed by atoms with Crippen molar-refractivity contribution < 1.29 is 4.74 Å². The number of rotatable bonds is 4. The minimum atomic E-state index is 0.114. The Morgan fingerprint density at radius 2 is 1.87 bits per heavy atom. The smallest absolute Gasteiger partial charge is 0.153 e. The van der Waals surface area contributed by atoms with Gasteiger partial charge < -0.3 is 9.64 Å². The Morgan fingerprint density at radius 1 is 0.968 bits per heavy atom. The number of anilines is 1. The summed E-state index contributed by atoms with van der Waals surface area (Å²) >= 11 is 0. The lowest BCUT2D eigenvalue weighted by atomic mass is 9.77. The van der Waals surface area contributed by atoms with Gasteiger partial charge >= 0.3 is 0 Å². The molecular formula is C22H24N8O. The molecule has 2 aliphatic rings. The molecule has 4 aromatic heterocycles. The molecule has 158 valence electrons. The van der Waals surface area contributed by atoms with Gasteiger partial charge in [-0.25, -0.2) is 14.2 Å². The van der Waals surface area contributed by atoms with E-state index in [1.54, 1.807) is 19.5 Å². The number of methoxy groups -OCH3 is 1. The van der Waals surface area contributed by atoms with E-state index in [-0.39, 0.29) is 12.1 Å². The Balaban J connectivity index is 1.23. The van der Waals surface area contributed by atoms with Gasteiger partial charge in [0, 0.05) is 38.8 Å². The van der Waals surface area contributed by atoms with Crippen molar-refractivity contribution in [2.24, 2.45) is 11.8 Å². The summed E-state index contributed by atoms with van der Waals surface area (Å²) in [4.78, 5) is 11.1. The summed E-state index contributed by atoms with van der Waals surface area (Å²) in [5, 5.41) is 13.6. The zero-order valence-corrected chi connectivity index (χ0v) is 17.3. The van der Waals surface area contributed by atoms with Gasteiger partial charge in [-0.05, 0) is 48.9 Å². The van der Waals surface area contributed by atoms with Crippen molar-refractivity contribution in [3.05, 3.63) is 55.1 Å². The van der Waals surface area contributed by atoms with Crippen molar-refractivity contribution >= 4 is 11.5 Å². The molecule has 1 saturated carbocycles. The predicted molar refractivity (Wildman–Crippen MR) is 115 cm³/mol. The molecule has 4 aromatic rings. The van der Waals surface area contributed by atoms with E-state index >= 15 is 0 Å². The quantitative estimate of drug-likeness (QED) is 0.505. The van der Waals surface area contributed by atoms with E-state index in [1.165, 1.54) is 0 Å². The molecule has 0 unspecified atom stereocenters. The van der Waals surface area contributed by atoms with Crippen LogP contribution in [0, 0.1) is 11.8 Å². The Bertz CT molecular complexity index is 1190. The van der Waals surface area contributed by atoms with Crippen LogP contribution in [0.3, 0.4) is 0 Å². The average Bonchev–Trinajstić information content (AvgIpc) is 3.57. The lowest BCUT2D eigenvalue weighted by Gasteiger charge is -2.36. The fraction of sp³-hybridized carbons (Fsp3) is 0.409. The maximum Gasteiger partial charge on any atom is 0.153 e. The van der Waals surface area contributed by atoms with Crippen LogP contribution in [-0.2, 0) is 4.74 Å². The Kier molecular flexibility index (Phi) is 4.41. The van der Waals surface area contributed by atoms with Crippen LogP contribution in [0.4, 0.5) is 5.82 Å². The number of pyridine rings is 1. The largest absolute Gasteiger partial charge is 0.379 e. The molecule has 9 heteroatoms. The van der Waals surface area contributed by atoms with Crippen LogP contribution in [0.25, 0.3) is 17.0 Å². The highest BCUT2D eigenvalue weighted by Gasteiger charge is 2.44. The average molecular weight is 416 g/mol. The number of fused-ring (bicyclic) bond motifs is 2. The van der Waals surface area contributed by atoms with E-state index in [9.17, 15) is 0 Å². The zero-order chi connectivity index (χ0) is 20.8. The van der Waals surface area contributed by atoms with Crippen molar-refractivity contribution in [3.63, 3.8) is 0 Å². The van der Waals surface area contributed by atoms with Gasteiger partial charge in [-0.1, -0.05) is 11.3 Å². The van der Waals surface area contributed by atoms with Gasteiger partial charge in [-0.15, -0.1) is 10.2 Å². The number of hydrogen-bond donors (Lipinski definition) is 0. The van der Waals surface area contributed by atoms with Crippen LogP contribution < -0.4 is 4.90 Å². The summed E-state index contributed by atoms with van der Waals surface area (Å²) in [5.41, 5.74) is 2.50. The van der Waals surface area contributed by atoms with Gasteiger partial charge in [0.25, 0.3) is 0 Å². The molecule has 0 amide bonds. The Labute approximate surface area is 179 Å². The topological polar surface area (TPSA) is 86.3 Å². The summed E-state index contributed by atoms with van der Waals surface area (Å²) in [5.74, 6) is 2.16. The molecule has 0 radical (unpaired) electrons. The van der Waals surface area contributed by atoms with Crippen LogP contribution in [0.5, 0.6) is 0 Å². The summed E-state index contributed by atoms with van der Waals surface area (Å²) in [6, 6.07) is 10.1. The van der Waals surface area contributed by atoms with E-state index in [2.05, 4.69) is 31.2 Å². The van der Waals surface area contributed by atoms with Crippen molar-refractivity contribution in [2.45, 2.75) is 25.0 Å². The van der Waals surface area contributed by atoms with Crippen LogP contribution >= 0.6 is 0 Å². The first-order valence-electron chi connectivity index (χ1n) is 10.7. The van der Waals surface area contributed by atoms with E-state index in [1.807, 2.05) is 45.9 Å². The lowest BCUT2D eigenvalue weighted by molar-refractivity contribution is -0.00541. The second-order valence-electron chi connectivity index (χ2n) is 8.46. The van der Waals surface area contributed by atoms with Gasteiger partial charge in [0.1, 0.15) is 11.5 Å². The highest BCUT2D eigenvalue weighted by molar-refractivity contribution is 5.51. The van der Waals surface area contributed by atoms with Crippen molar-refractivity contribution in [2.75, 3.05) is 25.1 Å². The van der Waals surface area contributed by atoms with Crippen LogP contribution in [0.1, 0.15) is 18.9 Å². The van der Waals surface area contributed by atoms with Gasteiger partial charge in [-0.3, -0.25) is 4.98 Å². The number of ether oxygens (including phenoxy) is 1. The first-order valence-corrected chi connectivity index (χ1v) is 10.7. The summed E-state index contributed by atoms with van der Waals surface area (Å²) in [7, 11) is 1.80. The van der Waals surface area contributed by atoms with Crippen LogP contribution in [0.2, 0.25) is 0 Å². The SMILES string of the molecule is CO[C@@H]1C[C@H]2CN(c3ccc4nccn4n3)C[C@H]2C[C@H]1n1cc(-c2ccccn2)nn1. The molecule has 1 aliphatic carbocycles. The molecule has 0 N–H and O–H groups in total. The zero-order valence-electron chi connectivity index (χ0n) is 17.3. The number of hydrogen-bond acceptors (Lipinski definition) is 7. The van der Waals surface area contributed by atoms with Gasteiger partial charge in [0.15, 0.2) is 5.65 Å². The molecule has 1 saturated heterocycles. The van der Waals surface area contributed by atoms with Gasteiger partial charge in [-0.2, -0.15) is 0 Å². The monoisotopic (exact) mass is 416 g/mol. The molecular weight excluding hydrogens is 392 g/mol. The number of imidazole rings is 1. The first-order chi connectivity index (χ1) is 15.3. The highest BCUT2D eigenvalue weighted by atomic mass is 16.5.